The van der Waals surface area contributed by atoms with Gasteiger partial charge >= 0.3 is 0 Å². The van der Waals surface area contributed by atoms with E-state index in [0.29, 0.717) is 0 Å². The van der Waals surface area contributed by atoms with Crippen LogP contribution in [0.3, 0.4) is 0 Å². The molecule has 1 saturated carbocycles. The van der Waals surface area contributed by atoms with Crippen LogP contribution < -0.4 is 0 Å². The van der Waals surface area contributed by atoms with Crippen molar-refractivity contribution in [2.45, 2.75) is 25.7 Å². The lowest BCUT2D eigenvalue weighted by Gasteiger charge is -2.05. The van der Waals surface area contributed by atoms with Gasteiger partial charge in [-0.15, -0.1) is 0 Å². The molecule has 0 spiro atoms. The molecule has 1 aliphatic rings. The van der Waals surface area contributed by atoms with E-state index in [4.69, 9.17) is 0 Å². The normalized spacial score (nSPS) is 17.0. The van der Waals surface area contributed by atoms with Gasteiger partial charge in [-0.25, -0.2) is 0 Å². The molecule has 0 N–H and O–H groups in total. The maximum absolute atomic E-state index is 4.11. The highest BCUT2D eigenvalue weighted by atomic mass is 36.5. The Bertz CT molecular complexity index is 13.5. The van der Waals surface area contributed by atoms with E-state index in [2.05, 4.69) is 21.7 Å². The van der Waals surface area contributed by atoms with Gasteiger partial charge in [0.05, 0.1) is 0 Å². The van der Waals surface area contributed by atoms with Crippen molar-refractivity contribution in [3.63, 3.8) is 0 Å². The zero-order chi connectivity index (χ0) is 4.83. The van der Waals surface area contributed by atoms with Gasteiger partial charge in [0.1, 0.15) is 0 Å². The zero-order valence-electron chi connectivity index (χ0n) is 3.58. The maximum Gasteiger partial charge on any atom is 0 e. The molecule has 1 aliphatic carbocycles. The zero-order valence-corrected chi connectivity index (χ0v) is 5.10. The molecule has 0 nitrogen and oxygen atoms in total. The number of hydrogen-bond acceptors (Lipinski definition) is 0. The Hall–Kier alpha value is 0.580. The summed E-state index contributed by atoms with van der Waals surface area (Å²) in [5, 5.41) is 0. The highest BCUT2D eigenvalue weighted by Crippen LogP contribution is 2.15. The van der Waals surface area contributed by atoms with Crippen LogP contribution in [0, 0.1) is 0 Å². The van der Waals surface area contributed by atoms with Crippen molar-refractivity contribution >= 4 is 21.7 Å². The first-order valence-corrected chi connectivity index (χ1v) is 3.29. The minimum absolute atomic E-state index is 1.50. The van der Waals surface area contributed by atoms with Crippen molar-refractivity contribution in [3.05, 3.63) is 0 Å². The van der Waals surface area contributed by atoms with Crippen LogP contribution >= 0.6 is 21.7 Å². The van der Waals surface area contributed by atoms with Crippen LogP contribution in [0.25, 0.3) is 0 Å². The predicted molar refractivity (Wildman–Crippen MR) is 30.2 cm³/mol. The molecular weight excluding hydrogens is 119 g/mol. The third kappa shape index (κ3) is 2.80. The van der Waals surface area contributed by atoms with E-state index in [9.17, 15) is 0 Å². The standard InChI is InChI=1S/C4H8.Cl2/c1-2-4-3-1;1-2/h1-4H2;. The molecule has 6 heavy (non-hydrogen) atoms. The Kier molecular flexibility index (Phi) is 6.12. The van der Waals surface area contributed by atoms with Crippen LogP contribution in [0.1, 0.15) is 25.7 Å². The first-order chi connectivity index (χ1) is 3.00. The molecule has 0 aromatic rings. The molecule has 0 atom stereocenters. The summed E-state index contributed by atoms with van der Waals surface area (Å²) in [6.45, 7) is 0. The summed E-state index contributed by atoms with van der Waals surface area (Å²) in [6, 6.07) is 0. The van der Waals surface area contributed by atoms with E-state index >= 15 is 0 Å². The molecule has 0 aromatic heterocycles. The molecule has 0 saturated heterocycles. The van der Waals surface area contributed by atoms with Gasteiger partial charge in [0.25, 0.3) is 0 Å². The third-order valence-corrected chi connectivity index (χ3v) is 1.000. The smallest absolute Gasteiger partial charge is 0 e. The van der Waals surface area contributed by atoms with Crippen LogP contribution in [0.4, 0.5) is 0 Å². The maximum atomic E-state index is 4.11. The molecule has 0 unspecified atom stereocenters. The second-order valence-electron chi connectivity index (χ2n) is 1.41. The molecule has 0 heterocycles. The molecule has 1 fully saturated rings. The Morgan fingerprint density at radius 3 is 0.833 bits per heavy atom. The summed E-state index contributed by atoms with van der Waals surface area (Å²) in [4.78, 5) is 0. The average Bonchev–Trinajstić information content (AvgIpc) is 1.36. The van der Waals surface area contributed by atoms with E-state index in [1.807, 2.05) is 0 Å². The fraction of sp³-hybridized carbons (Fsp3) is 1.00. The highest BCUT2D eigenvalue weighted by Gasteiger charge is 1.95. The predicted octanol–water partition coefficient (Wildman–Crippen LogP) is 2.94. The van der Waals surface area contributed by atoms with Crippen LogP contribution in [-0.4, -0.2) is 0 Å². The Morgan fingerprint density at radius 1 is 0.667 bits per heavy atom. The van der Waals surface area contributed by atoms with E-state index in [0.717, 1.165) is 0 Å². The molecule has 2 heteroatoms. The summed E-state index contributed by atoms with van der Waals surface area (Å²) >= 11 is 0. The van der Waals surface area contributed by atoms with E-state index in [1.165, 1.54) is 25.7 Å². The van der Waals surface area contributed by atoms with Gasteiger partial charge < -0.3 is 0 Å². The molecular formula is C4H8Cl2. The summed E-state index contributed by atoms with van der Waals surface area (Å²) in [5.41, 5.74) is 0. The van der Waals surface area contributed by atoms with Crippen molar-refractivity contribution in [3.8, 4) is 0 Å². The van der Waals surface area contributed by atoms with Gasteiger partial charge in [-0.1, -0.05) is 25.7 Å². The van der Waals surface area contributed by atoms with Crippen molar-refractivity contribution in [1.82, 2.24) is 0 Å². The van der Waals surface area contributed by atoms with Gasteiger partial charge in [0, 0.05) is 21.7 Å². The molecule has 38 valence electrons. The number of rotatable bonds is 0. The summed E-state index contributed by atoms with van der Waals surface area (Å²) in [7, 11) is 8.22. The topological polar surface area (TPSA) is 0 Å². The minimum atomic E-state index is 1.50. The van der Waals surface area contributed by atoms with Crippen LogP contribution in [0.5, 0.6) is 0 Å². The van der Waals surface area contributed by atoms with Crippen LogP contribution in [-0.2, 0) is 0 Å². The quantitative estimate of drug-likeness (QED) is 0.469. The Balaban J connectivity index is 0.000000112. The van der Waals surface area contributed by atoms with Crippen LogP contribution in [0.15, 0.2) is 0 Å². The number of hydrogen-bond donors (Lipinski definition) is 0. The summed E-state index contributed by atoms with van der Waals surface area (Å²) in [6.07, 6.45) is 6.00. The van der Waals surface area contributed by atoms with Crippen molar-refractivity contribution in [1.29, 1.82) is 0 Å². The molecule has 0 amide bonds. The fourth-order valence-electron chi connectivity index (χ4n) is 0.250. The summed E-state index contributed by atoms with van der Waals surface area (Å²) < 4.78 is 0. The largest absolute Gasteiger partial charge is 0.0533 e. The van der Waals surface area contributed by atoms with Gasteiger partial charge in [-0.05, 0) is 0 Å². The Labute approximate surface area is 48.0 Å². The molecule has 1 rings (SSSR count). The van der Waals surface area contributed by atoms with E-state index < -0.39 is 0 Å². The van der Waals surface area contributed by atoms with Gasteiger partial charge in [0.2, 0.25) is 0 Å². The molecule has 0 aliphatic heterocycles. The third-order valence-electron chi connectivity index (χ3n) is 1.000. The van der Waals surface area contributed by atoms with Gasteiger partial charge in [-0.3, -0.25) is 0 Å². The second kappa shape index (κ2) is 5.58. The number of halogens is 2. The lowest BCUT2D eigenvalue weighted by molar-refractivity contribution is 0.504. The lowest BCUT2D eigenvalue weighted by Crippen LogP contribution is -1.85. The molecule has 0 aromatic carbocycles. The van der Waals surface area contributed by atoms with Crippen LogP contribution in [0.2, 0.25) is 0 Å². The SMILES string of the molecule is C1CCC1.ClCl. The Morgan fingerprint density at radius 2 is 0.833 bits per heavy atom. The average molecular weight is 127 g/mol. The van der Waals surface area contributed by atoms with Gasteiger partial charge in [0.15, 0.2) is 0 Å². The van der Waals surface area contributed by atoms with Crippen molar-refractivity contribution in [2.75, 3.05) is 0 Å². The molecule has 0 radical (unpaired) electrons. The monoisotopic (exact) mass is 126 g/mol. The minimum Gasteiger partial charge on any atom is -0.0533 e. The summed E-state index contributed by atoms with van der Waals surface area (Å²) in [5.74, 6) is 0. The van der Waals surface area contributed by atoms with E-state index in [-0.39, 0.29) is 0 Å². The van der Waals surface area contributed by atoms with Crippen molar-refractivity contribution in [2.24, 2.45) is 0 Å². The first-order valence-electron chi connectivity index (χ1n) is 2.14. The highest BCUT2D eigenvalue weighted by molar-refractivity contribution is 6.85. The van der Waals surface area contributed by atoms with Gasteiger partial charge in [-0.2, -0.15) is 0 Å². The lowest BCUT2D eigenvalue weighted by atomic mass is 10.0. The fourth-order valence-corrected chi connectivity index (χ4v) is 0.250. The van der Waals surface area contributed by atoms with Crippen molar-refractivity contribution < 1.29 is 0 Å². The van der Waals surface area contributed by atoms with E-state index in [1.54, 1.807) is 0 Å². The molecule has 0 bridgehead atoms. The second-order valence-corrected chi connectivity index (χ2v) is 1.41. The first kappa shape index (κ1) is 6.58.